The molecule has 1 aromatic carbocycles. The molecule has 1 heterocycles. The van der Waals surface area contributed by atoms with Crippen LogP contribution in [0.1, 0.15) is 26.2 Å². The van der Waals surface area contributed by atoms with Crippen LogP contribution in [0.25, 0.3) is 10.9 Å². The summed E-state index contributed by atoms with van der Waals surface area (Å²) >= 11 is 0. The number of fused-ring (bicyclic) bond motifs is 1. The topological polar surface area (TPSA) is 50.1 Å². The van der Waals surface area contributed by atoms with Gasteiger partial charge in [0.1, 0.15) is 0 Å². The van der Waals surface area contributed by atoms with Crippen molar-refractivity contribution in [1.82, 2.24) is 15.1 Å². The van der Waals surface area contributed by atoms with E-state index in [4.69, 9.17) is 0 Å². The Morgan fingerprint density at radius 2 is 2.16 bits per heavy atom. The lowest BCUT2D eigenvalue weighted by Crippen LogP contribution is -2.46. The molecule has 19 heavy (non-hydrogen) atoms. The van der Waals surface area contributed by atoms with Gasteiger partial charge in [-0.25, -0.2) is 0 Å². The minimum atomic E-state index is -0.150. The molecule has 0 bridgehead atoms. The summed E-state index contributed by atoms with van der Waals surface area (Å²) in [4.78, 5) is 0. The van der Waals surface area contributed by atoms with Crippen LogP contribution in [0.3, 0.4) is 0 Å². The van der Waals surface area contributed by atoms with Crippen molar-refractivity contribution in [3.05, 3.63) is 30.5 Å². The molecule has 0 aliphatic heterocycles. The third-order valence-corrected chi connectivity index (χ3v) is 4.09. The molecule has 0 fully saturated rings. The quantitative estimate of drug-likeness (QED) is 0.803. The van der Waals surface area contributed by atoms with Gasteiger partial charge >= 0.3 is 0 Å². The number of aryl methyl sites for hydroxylation is 1. The Morgan fingerprint density at radius 3 is 2.84 bits per heavy atom. The zero-order chi connectivity index (χ0) is 13.7. The van der Waals surface area contributed by atoms with Gasteiger partial charge in [0.05, 0.1) is 18.3 Å². The number of nitrogens with one attached hydrogen (secondary N) is 1. The number of para-hydroxylation sites is 1. The first-order valence-electron chi connectivity index (χ1n) is 6.95. The fourth-order valence-corrected chi connectivity index (χ4v) is 2.52. The van der Waals surface area contributed by atoms with Crippen LogP contribution in [0, 0.1) is 0 Å². The number of benzene rings is 1. The van der Waals surface area contributed by atoms with Crippen LogP contribution in [0.2, 0.25) is 0 Å². The fourth-order valence-electron chi connectivity index (χ4n) is 2.52. The second-order valence-electron chi connectivity index (χ2n) is 5.07. The van der Waals surface area contributed by atoms with Gasteiger partial charge in [-0.3, -0.25) is 4.68 Å². The van der Waals surface area contributed by atoms with Crippen LogP contribution in [-0.2, 0) is 6.54 Å². The highest BCUT2D eigenvalue weighted by Crippen LogP contribution is 2.18. The summed E-state index contributed by atoms with van der Waals surface area (Å²) in [5.74, 6) is 0. The highest BCUT2D eigenvalue weighted by molar-refractivity contribution is 5.78. The van der Waals surface area contributed by atoms with E-state index in [1.165, 1.54) is 10.9 Å². The van der Waals surface area contributed by atoms with Gasteiger partial charge in [-0.05, 0) is 32.4 Å². The second kappa shape index (κ2) is 6.17. The lowest BCUT2D eigenvalue weighted by Gasteiger charge is -2.30. The maximum Gasteiger partial charge on any atom is 0.0682 e. The number of aliphatic hydroxyl groups is 1. The first-order chi connectivity index (χ1) is 9.24. The van der Waals surface area contributed by atoms with Crippen molar-refractivity contribution in [1.29, 1.82) is 0 Å². The number of aromatic nitrogens is 2. The molecule has 0 amide bonds. The Labute approximate surface area is 114 Å². The third-order valence-electron chi connectivity index (χ3n) is 4.09. The van der Waals surface area contributed by atoms with Gasteiger partial charge in [0.2, 0.25) is 0 Å². The van der Waals surface area contributed by atoms with Crippen molar-refractivity contribution in [2.24, 2.45) is 0 Å². The van der Waals surface area contributed by atoms with Crippen LogP contribution in [0.5, 0.6) is 0 Å². The number of hydrogen-bond acceptors (Lipinski definition) is 3. The van der Waals surface area contributed by atoms with Crippen molar-refractivity contribution >= 4 is 10.9 Å². The summed E-state index contributed by atoms with van der Waals surface area (Å²) in [5, 5.41) is 18.4. The Morgan fingerprint density at radius 1 is 1.37 bits per heavy atom. The predicted octanol–water partition coefficient (Wildman–Crippen LogP) is 2.18. The van der Waals surface area contributed by atoms with Gasteiger partial charge in [0.15, 0.2) is 0 Å². The highest BCUT2D eigenvalue weighted by Gasteiger charge is 2.24. The molecule has 0 saturated heterocycles. The molecule has 2 N–H and O–H groups in total. The Kier molecular flexibility index (Phi) is 4.56. The monoisotopic (exact) mass is 261 g/mol. The van der Waals surface area contributed by atoms with Crippen LogP contribution >= 0.6 is 0 Å². The Hall–Kier alpha value is -1.39. The molecule has 104 valence electrons. The van der Waals surface area contributed by atoms with Gasteiger partial charge in [-0.2, -0.15) is 5.10 Å². The number of aliphatic hydroxyl groups excluding tert-OH is 1. The molecule has 0 saturated carbocycles. The molecule has 1 unspecified atom stereocenters. The van der Waals surface area contributed by atoms with Crippen LogP contribution in [0.15, 0.2) is 30.5 Å². The smallest absolute Gasteiger partial charge is 0.0682 e. The zero-order valence-electron chi connectivity index (χ0n) is 11.8. The molecule has 2 aromatic rings. The molecule has 1 aromatic heterocycles. The van der Waals surface area contributed by atoms with Gasteiger partial charge in [0.25, 0.3) is 0 Å². The van der Waals surface area contributed by atoms with E-state index in [1.54, 1.807) is 0 Å². The Bertz CT molecular complexity index is 509. The molecule has 1 atom stereocenters. The van der Waals surface area contributed by atoms with Gasteiger partial charge < -0.3 is 10.4 Å². The molecule has 4 nitrogen and oxygen atoms in total. The second-order valence-corrected chi connectivity index (χ2v) is 5.07. The van der Waals surface area contributed by atoms with E-state index in [2.05, 4.69) is 29.5 Å². The van der Waals surface area contributed by atoms with Crippen molar-refractivity contribution in [2.45, 2.75) is 38.3 Å². The van der Waals surface area contributed by atoms with E-state index in [9.17, 15) is 5.11 Å². The molecular formula is C15H23N3O. The molecule has 0 spiro atoms. The summed E-state index contributed by atoms with van der Waals surface area (Å²) < 4.78 is 2.04. The third kappa shape index (κ3) is 2.96. The number of likely N-dealkylation sites (N-methyl/N-ethyl adjacent to an activating group) is 1. The highest BCUT2D eigenvalue weighted by atomic mass is 16.3. The van der Waals surface area contributed by atoms with Crippen LogP contribution < -0.4 is 5.32 Å². The summed E-state index contributed by atoms with van der Waals surface area (Å²) in [6.07, 6.45) is 4.79. The predicted molar refractivity (Wildman–Crippen MR) is 78.1 cm³/mol. The van der Waals surface area contributed by atoms with Gasteiger partial charge in [-0.15, -0.1) is 0 Å². The van der Waals surface area contributed by atoms with E-state index in [1.807, 2.05) is 30.1 Å². The Balaban J connectivity index is 1.99. The lowest BCUT2D eigenvalue weighted by molar-refractivity contribution is 0.150. The summed E-state index contributed by atoms with van der Waals surface area (Å²) in [5.41, 5.74) is 1.03. The van der Waals surface area contributed by atoms with Crippen LogP contribution in [-0.4, -0.2) is 34.1 Å². The minimum Gasteiger partial charge on any atom is -0.394 e. The molecule has 0 aliphatic carbocycles. The SMILES string of the molecule is CCC(CO)(CCCn1ncc2ccccc21)NC. The fraction of sp³-hybridized carbons (Fsp3) is 0.533. The van der Waals surface area contributed by atoms with E-state index >= 15 is 0 Å². The van der Waals surface area contributed by atoms with Gasteiger partial charge in [-0.1, -0.05) is 25.1 Å². The summed E-state index contributed by atoms with van der Waals surface area (Å²) in [6.45, 7) is 3.17. The minimum absolute atomic E-state index is 0.150. The molecule has 0 radical (unpaired) electrons. The molecular weight excluding hydrogens is 238 g/mol. The lowest BCUT2D eigenvalue weighted by atomic mass is 9.91. The largest absolute Gasteiger partial charge is 0.394 e. The molecule has 4 heteroatoms. The summed E-state index contributed by atoms with van der Waals surface area (Å²) in [6, 6.07) is 8.25. The first kappa shape index (κ1) is 14.0. The normalized spacial score (nSPS) is 14.7. The number of hydrogen-bond donors (Lipinski definition) is 2. The first-order valence-corrected chi connectivity index (χ1v) is 6.95. The van der Waals surface area contributed by atoms with Gasteiger partial charge in [0, 0.05) is 17.5 Å². The van der Waals surface area contributed by atoms with Crippen molar-refractivity contribution in [2.75, 3.05) is 13.7 Å². The molecule has 2 rings (SSSR count). The standard InChI is InChI=1S/C15H23N3O/c1-3-15(12-19,16-2)9-6-10-18-14-8-5-4-7-13(14)11-17-18/h4-5,7-8,11,16,19H,3,6,9-10,12H2,1-2H3. The van der Waals surface area contributed by atoms with Crippen molar-refractivity contribution < 1.29 is 5.11 Å². The van der Waals surface area contributed by atoms with Crippen molar-refractivity contribution in [3.63, 3.8) is 0 Å². The van der Waals surface area contributed by atoms with Crippen LogP contribution in [0.4, 0.5) is 0 Å². The van der Waals surface area contributed by atoms with E-state index in [-0.39, 0.29) is 12.1 Å². The number of rotatable bonds is 7. The zero-order valence-corrected chi connectivity index (χ0v) is 11.8. The van der Waals surface area contributed by atoms with E-state index in [0.717, 1.165) is 25.8 Å². The average Bonchev–Trinajstić information content (AvgIpc) is 2.88. The summed E-state index contributed by atoms with van der Waals surface area (Å²) in [7, 11) is 1.92. The number of nitrogens with zero attached hydrogens (tertiary/aromatic N) is 2. The maximum absolute atomic E-state index is 9.52. The average molecular weight is 261 g/mol. The maximum atomic E-state index is 9.52. The van der Waals surface area contributed by atoms with E-state index in [0.29, 0.717) is 0 Å². The van der Waals surface area contributed by atoms with Crippen molar-refractivity contribution in [3.8, 4) is 0 Å². The molecule has 0 aliphatic rings. The van der Waals surface area contributed by atoms with E-state index < -0.39 is 0 Å².